The zero-order valence-corrected chi connectivity index (χ0v) is 13.3. The van der Waals surface area contributed by atoms with Crippen molar-refractivity contribution in [2.24, 2.45) is 0 Å². The van der Waals surface area contributed by atoms with Crippen LogP contribution in [-0.4, -0.2) is 27.3 Å². The van der Waals surface area contributed by atoms with Crippen molar-refractivity contribution < 1.29 is 14.7 Å². The van der Waals surface area contributed by atoms with Gasteiger partial charge in [0, 0.05) is 5.02 Å². The van der Waals surface area contributed by atoms with Crippen molar-refractivity contribution in [3.8, 4) is 5.75 Å². The number of phenols is 1. The molecular formula is C16H12Cl2N2O3. The normalized spacial score (nSPS) is 20.1. The molecule has 1 saturated heterocycles. The van der Waals surface area contributed by atoms with Gasteiger partial charge in [0.25, 0.3) is 11.8 Å². The molecular weight excluding hydrogens is 339 g/mol. The number of carbonyl (C=O) groups excluding carboxylic acids is 2. The molecule has 0 unspecified atom stereocenters. The number of nitrogens with one attached hydrogen (secondary N) is 1. The molecule has 1 aliphatic rings. The predicted molar refractivity (Wildman–Crippen MR) is 86.3 cm³/mol. The summed E-state index contributed by atoms with van der Waals surface area (Å²) in [5.74, 6) is -1.17. The van der Waals surface area contributed by atoms with Crippen LogP contribution in [0.15, 0.2) is 48.5 Å². The van der Waals surface area contributed by atoms with Crippen LogP contribution in [0.3, 0.4) is 0 Å². The summed E-state index contributed by atoms with van der Waals surface area (Å²) in [6, 6.07) is 12.5. The Morgan fingerprint density at radius 3 is 2.61 bits per heavy atom. The van der Waals surface area contributed by atoms with Gasteiger partial charge in [-0.3, -0.25) is 15.0 Å². The van der Waals surface area contributed by atoms with E-state index < -0.39 is 23.2 Å². The fourth-order valence-corrected chi connectivity index (χ4v) is 2.98. The minimum absolute atomic E-state index is 0.0724. The molecule has 1 aliphatic heterocycles. The molecule has 2 aromatic rings. The number of phenolic OH excluding ortho intramolecular Hbond substituents is 1. The second-order valence-electron chi connectivity index (χ2n) is 5.07. The molecule has 1 heterocycles. The van der Waals surface area contributed by atoms with Gasteiger partial charge in [-0.1, -0.05) is 35.9 Å². The number of nitrogens with zero attached hydrogens (tertiary/aromatic N) is 1. The molecule has 0 saturated carbocycles. The fourth-order valence-electron chi connectivity index (χ4n) is 2.42. The monoisotopic (exact) mass is 350 g/mol. The average molecular weight is 351 g/mol. The molecule has 2 amide bonds. The number of hydrazine groups is 1. The Labute approximate surface area is 142 Å². The van der Waals surface area contributed by atoms with Gasteiger partial charge in [-0.2, -0.15) is 0 Å². The van der Waals surface area contributed by atoms with Gasteiger partial charge < -0.3 is 5.11 Å². The van der Waals surface area contributed by atoms with Gasteiger partial charge in [0.2, 0.25) is 0 Å². The number of rotatable bonds is 3. The average Bonchev–Trinajstić information content (AvgIpc) is 2.54. The lowest BCUT2D eigenvalue weighted by molar-refractivity contribution is -0.149. The number of carbonyl (C=O) groups is 2. The molecule has 0 spiro atoms. The van der Waals surface area contributed by atoms with Crippen molar-refractivity contribution in [1.29, 1.82) is 0 Å². The van der Waals surface area contributed by atoms with Gasteiger partial charge in [-0.25, -0.2) is 5.01 Å². The van der Waals surface area contributed by atoms with Crippen LogP contribution in [0.25, 0.3) is 0 Å². The molecule has 0 aromatic heterocycles. The minimum Gasteiger partial charge on any atom is -0.507 e. The number of para-hydroxylation sites is 1. The Hall–Kier alpha value is -2.24. The Morgan fingerprint density at radius 1 is 1.17 bits per heavy atom. The van der Waals surface area contributed by atoms with Crippen LogP contribution in [0.1, 0.15) is 22.0 Å². The number of hydrogen-bond acceptors (Lipinski definition) is 3. The molecule has 2 N–H and O–H groups in total. The molecule has 2 aromatic carbocycles. The van der Waals surface area contributed by atoms with Crippen LogP contribution in [0.2, 0.25) is 5.02 Å². The van der Waals surface area contributed by atoms with Crippen molar-refractivity contribution in [3.63, 3.8) is 0 Å². The topological polar surface area (TPSA) is 69.6 Å². The highest BCUT2D eigenvalue weighted by Crippen LogP contribution is 2.38. The maximum atomic E-state index is 12.2. The number of benzene rings is 2. The van der Waals surface area contributed by atoms with Crippen molar-refractivity contribution >= 4 is 35.0 Å². The van der Waals surface area contributed by atoms with E-state index in [0.29, 0.717) is 5.02 Å². The summed E-state index contributed by atoms with van der Waals surface area (Å²) < 4.78 is 0. The van der Waals surface area contributed by atoms with Gasteiger partial charge in [0.05, 0.1) is 5.56 Å². The van der Waals surface area contributed by atoms with E-state index in [2.05, 4.69) is 5.43 Å². The standard InChI is InChI=1S/C16H12Cl2N2O3/c17-10-5-3-4-9(8-10)14-13(18)16(23)20(14)19-15(22)11-6-1-2-7-12(11)21/h1-8,13-14,21H,(H,19,22)/t13-,14-/m0/s1. The second-order valence-corrected chi connectivity index (χ2v) is 5.97. The molecule has 118 valence electrons. The Bertz CT molecular complexity index is 781. The molecule has 0 bridgehead atoms. The van der Waals surface area contributed by atoms with Crippen LogP contribution in [0.4, 0.5) is 0 Å². The third-order valence-corrected chi connectivity index (χ3v) is 4.25. The molecule has 0 radical (unpaired) electrons. The highest BCUT2D eigenvalue weighted by atomic mass is 35.5. The first-order chi connectivity index (χ1) is 11.0. The summed E-state index contributed by atoms with van der Waals surface area (Å²) in [5, 5.41) is 10.6. The lowest BCUT2D eigenvalue weighted by Gasteiger charge is -2.44. The zero-order chi connectivity index (χ0) is 16.6. The lowest BCUT2D eigenvalue weighted by atomic mass is 9.95. The molecule has 3 rings (SSSR count). The van der Waals surface area contributed by atoms with Crippen LogP contribution in [0, 0.1) is 0 Å². The van der Waals surface area contributed by atoms with Gasteiger partial charge in [0.15, 0.2) is 0 Å². The quantitative estimate of drug-likeness (QED) is 0.660. The third-order valence-electron chi connectivity index (χ3n) is 3.59. The summed E-state index contributed by atoms with van der Waals surface area (Å²) in [5.41, 5.74) is 3.27. The maximum Gasteiger partial charge on any atom is 0.273 e. The first kappa shape index (κ1) is 15.6. The van der Waals surface area contributed by atoms with Crippen LogP contribution in [0.5, 0.6) is 5.75 Å². The van der Waals surface area contributed by atoms with Crippen molar-refractivity contribution in [3.05, 3.63) is 64.7 Å². The lowest BCUT2D eigenvalue weighted by Crippen LogP contribution is -2.63. The number of amides is 2. The van der Waals surface area contributed by atoms with Crippen LogP contribution < -0.4 is 5.43 Å². The van der Waals surface area contributed by atoms with Gasteiger partial charge in [-0.15, -0.1) is 11.6 Å². The van der Waals surface area contributed by atoms with Crippen LogP contribution in [-0.2, 0) is 4.79 Å². The first-order valence-electron chi connectivity index (χ1n) is 6.80. The smallest absolute Gasteiger partial charge is 0.273 e. The van der Waals surface area contributed by atoms with Crippen LogP contribution >= 0.6 is 23.2 Å². The molecule has 1 fully saturated rings. The van der Waals surface area contributed by atoms with E-state index in [9.17, 15) is 14.7 Å². The number of aromatic hydroxyl groups is 1. The number of halogens is 2. The van der Waals surface area contributed by atoms with Crippen molar-refractivity contribution in [1.82, 2.24) is 10.4 Å². The summed E-state index contributed by atoms with van der Waals surface area (Å²) in [4.78, 5) is 24.2. The Balaban J connectivity index is 1.82. The highest BCUT2D eigenvalue weighted by molar-refractivity contribution is 6.34. The van der Waals surface area contributed by atoms with E-state index in [1.54, 1.807) is 36.4 Å². The van der Waals surface area contributed by atoms with E-state index in [1.165, 1.54) is 12.1 Å². The minimum atomic E-state index is -0.780. The van der Waals surface area contributed by atoms with E-state index in [0.717, 1.165) is 10.6 Å². The summed E-state index contributed by atoms with van der Waals surface area (Å²) in [6.07, 6.45) is 0. The van der Waals surface area contributed by atoms with Gasteiger partial charge >= 0.3 is 0 Å². The Morgan fingerprint density at radius 2 is 1.91 bits per heavy atom. The molecule has 23 heavy (non-hydrogen) atoms. The number of hydrogen-bond donors (Lipinski definition) is 2. The Kier molecular flexibility index (Phi) is 4.15. The largest absolute Gasteiger partial charge is 0.507 e. The zero-order valence-electron chi connectivity index (χ0n) is 11.7. The second kappa shape index (κ2) is 6.10. The molecule has 0 aliphatic carbocycles. The number of alkyl halides is 1. The van der Waals surface area contributed by atoms with E-state index in [1.807, 2.05) is 0 Å². The third kappa shape index (κ3) is 2.85. The first-order valence-corrected chi connectivity index (χ1v) is 7.62. The molecule has 5 nitrogen and oxygen atoms in total. The van der Waals surface area contributed by atoms with E-state index in [-0.39, 0.29) is 11.3 Å². The maximum absolute atomic E-state index is 12.2. The van der Waals surface area contributed by atoms with E-state index >= 15 is 0 Å². The van der Waals surface area contributed by atoms with Gasteiger partial charge in [0.1, 0.15) is 17.2 Å². The van der Waals surface area contributed by atoms with E-state index in [4.69, 9.17) is 23.2 Å². The summed E-state index contributed by atoms with van der Waals surface area (Å²) >= 11 is 12.0. The molecule has 2 atom stereocenters. The van der Waals surface area contributed by atoms with Crippen molar-refractivity contribution in [2.75, 3.05) is 0 Å². The van der Waals surface area contributed by atoms with Gasteiger partial charge in [-0.05, 0) is 29.8 Å². The highest BCUT2D eigenvalue weighted by Gasteiger charge is 2.48. The SMILES string of the molecule is O=C(NN1C(=O)[C@@H](Cl)[C@@H]1c1cccc(Cl)c1)c1ccccc1O. The number of β-lactam (4-membered cyclic amide) rings is 1. The summed E-state index contributed by atoms with van der Waals surface area (Å²) in [7, 11) is 0. The van der Waals surface area contributed by atoms with Crippen molar-refractivity contribution in [2.45, 2.75) is 11.4 Å². The fraction of sp³-hybridized carbons (Fsp3) is 0.125. The predicted octanol–water partition coefficient (Wildman–Crippen LogP) is 2.88. The summed E-state index contributed by atoms with van der Waals surface area (Å²) in [6.45, 7) is 0. The molecule has 7 heteroatoms.